The molecule has 0 aliphatic carbocycles. The molecule has 3 rings (SSSR count). The van der Waals surface area contributed by atoms with Crippen molar-refractivity contribution in [3.63, 3.8) is 0 Å². The SMILES string of the molecule is CC(C)(C)OC(=O)Nc1ccc(CN2CC3CC2CN3)cc1.O=C(O)C(F)(F)F.O=C(O)C(F)(F)F. The third-order valence-electron chi connectivity index (χ3n) is 4.64. The molecule has 2 bridgehead atoms. The Hall–Kier alpha value is -3.07. The number of rotatable bonds is 3. The minimum atomic E-state index is -5.08. The molecule has 2 saturated heterocycles. The number of likely N-dealkylation sites (tertiary alicyclic amines) is 1. The maximum atomic E-state index is 11.7. The van der Waals surface area contributed by atoms with Gasteiger partial charge in [-0.1, -0.05) is 12.1 Å². The van der Waals surface area contributed by atoms with E-state index in [1.54, 1.807) is 0 Å². The average molecular weight is 531 g/mol. The monoisotopic (exact) mass is 531 g/mol. The number of nitrogens with one attached hydrogen (secondary N) is 2. The fourth-order valence-corrected chi connectivity index (χ4v) is 3.19. The maximum Gasteiger partial charge on any atom is 0.490 e. The van der Waals surface area contributed by atoms with Crippen LogP contribution in [-0.4, -0.2) is 76.3 Å². The van der Waals surface area contributed by atoms with Gasteiger partial charge in [0.25, 0.3) is 0 Å². The first-order valence-electron chi connectivity index (χ1n) is 10.4. The normalized spacial score (nSPS) is 19.4. The first-order chi connectivity index (χ1) is 16.3. The molecule has 15 heteroatoms. The third kappa shape index (κ3) is 11.6. The van der Waals surface area contributed by atoms with Gasteiger partial charge in [0.2, 0.25) is 0 Å². The molecule has 0 radical (unpaired) electrons. The number of anilines is 1. The Morgan fingerprint density at radius 1 is 1.00 bits per heavy atom. The number of carbonyl (C=O) groups excluding carboxylic acids is 1. The Bertz CT molecular complexity index is 875. The van der Waals surface area contributed by atoms with Crippen LogP contribution in [-0.2, 0) is 20.9 Å². The predicted molar refractivity (Wildman–Crippen MR) is 114 cm³/mol. The van der Waals surface area contributed by atoms with Gasteiger partial charge in [-0.25, -0.2) is 14.4 Å². The van der Waals surface area contributed by atoms with Crippen molar-refractivity contribution in [2.45, 2.75) is 63.8 Å². The fraction of sp³-hybridized carbons (Fsp3) is 0.571. The number of nitrogens with zero attached hydrogens (tertiary/aromatic N) is 1. The van der Waals surface area contributed by atoms with Crippen LogP contribution in [0.1, 0.15) is 32.8 Å². The lowest BCUT2D eigenvalue weighted by Gasteiger charge is -2.27. The van der Waals surface area contributed by atoms with E-state index in [4.69, 9.17) is 24.5 Å². The Labute approximate surface area is 202 Å². The summed E-state index contributed by atoms with van der Waals surface area (Å²) in [6.45, 7) is 8.80. The van der Waals surface area contributed by atoms with Crippen molar-refractivity contribution >= 4 is 23.7 Å². The molecule has 1 amide bonds. The number of carbonyl (C=O) groups is 3. The van der Waals surface area contributed by atoms with E-state index in [0.717, 1.165) is 25.3 Å². The standard InChI is InChI=1S/C17H25N3O2.2C2HF3O2/c1-17(2,3)22-16(21)19-13-6-4-12(5-7-13)10-20-11-14-8-15(20)9-18-14;2*3-2(4,5)1(6)7/h4-7,14-15,18H,8-11H2,1-3H3,(H,19,21);2*(H,6,7). The topological polar surface area (TPSA) is 128 Å². The summed E-state index contributed by atoms with van der Waals surface area (Å²) in [6.07, 6.45) is -9.30. The Morgan fingerprint density at radius 2 is 1.47 bits per heavy atom. The van der Waals surface area contributed by atoms with Crippen LogP contribution in [0.2, 0.25) is 0 Å². The lowest BCUT2D eigenvalue weighted by molar-refractivity contribution is -0.193. The molecule has 36 heavy (non-hydrogen) atoms. The molecular weight excluding hydrogens is 504 g/mol. The molecule has 9 nitrogen and oxygen atoms in total. The van der Waals surface area contributed by atoms with Gasteiger partial charge in [-0.2, -0.15) is 26.3 Å². The molecule has 0 saturated carbocycles. The van der Waals surface area contributed by atoms with E-state index in [9.17, 15) is 31.1 Å². The number of ether oxygens (including phenoxy) is 1. The summed E-state index contributed by atoms with van der Waals surface area (Å²) in [7, 11) is 0. The van der Waals surface area contributed by atoms with Gasteiger partial charge in [-0.05, 0) is 44.9 Å². The van der Waals surface area contributed by atoms with Crippen molar-refractivity contribution in [3.8, 4) is 0 Å². The van der Waals surface area contributed by atoms with Crippen LogP contribution in [0.25, 0.3) is 0 Å². The Kier molecular flexibility index (Phi) is 10.5. The molecule has 2 heterocycles. The highest BCUT2D eigenvalue weighted by Crippen LogP contribution is 2.25. The van der Waals surface area contributed by atoms with E-state index in [2.05, 4.69) is 27.7 Å². The maximum absolute atomic E-state index is 11.7. The van der Waals surface area contributed by atoms with E-state index in [1.165, 1.54) is 12.0 Å². The van der Waals surface area contributed by atoms with Crippen LogP contribution >= 0.6 is 0 Å². The number of fused-ring (bicyclic) bond motifs is 2. The highest BCUT2D eigenvalue weighted by molar-refractivity contribution is 5.84. The molecule has 0 spiro atoms. The molecule has 2 fully saturated rings. The Balaban J connectivity index is 0.000000383. The third-order valence-corrected chi connectivity index (χ3v) is 4.64. The molecule has 2 unspecified atom stereocenters. The van der Waals surface area contributed by atoms with Gasteiger partial charge in [-0.15, -0.1) is 0 Å². The Morgan fingerprint density at radius 3 is 1.81 bits per heavy atom. The number of halogens is 6. The van der Waals surface area contributed by atoms with Gasteiger partial charge >= 0.3 is 30.4 Å². The highest BCUT2D eigenvalue weighted by Gasteiger charge is 2.39. The van der Waals surface area contributed by atoms with E-state index >= 15 is 0 Å². The van der Waals surface area contributed by atoms with Crippen molar-refractivity contribution in [3.05, 3.63) is 29.8 Å². The summed E-state index contributed by atoms with van der Waals surface area (Å²) < 4.78 is 68.7. The first kappa shape index (κ1) is 31.0. The van der Waals surface area contributed by atoms with E-state index in [0.29, 0.717) is 12.1 Å². The molecule has 0 aromatic heterocycles. The summed E-state index contributed by atoms with van der Waals surface area (Å²) in [5, 5.41) is 20.5. The lowest BCUT2D eigenvalue weighted by atomic mass is 10.1. The van der Waals surface area contributed by atoms with E-state index in [-0.39, 0.29) is 0 Å². The number of aliphatic carboxylic acids is 2. The van der Waals surface area contributed by atoms with Crippen LogP contribution in [0.15, 0.2) is 24.3 Å². The largest absolute Gasteiger partial charge is 0.490 e. The number of carboxylic acids is 2. The fourth-order valence-electron chi connectivity index (χ4n) is 3.19. The smallest absolute Gasteiger partial charge is 0.475 e. The predicted octanol–water partition coefficient (Wildman–Crippen LogP) is 3.85. The number of carboxylic acid groups (broad SMARTS) is 2. The zero-order chi connectivity index (χ0) is 27.9. The van der Waals surface area contributed by atoms with Gasteiger partial charge < -0.3 is 20.3 Å². The van der Waals surface area contributed by atoms with Gasteiger partial charge in [0.1, 0.15) is 5.60 Å². The second-order valence-electron chi connectivity index (χ2n) is 8.85. The molecule has 1 aromatic rings. The molecule has 2 aliphatic heterocycles. The van der Waals surface area contributed by atoms with Gasteiger partial charge in [-0.3, -0.25) is 10.2 Å². The van der Waals surface area contributed by atoms with E-state index in [1.807, 2.05) is 32.9 Å². The van der Waals surface area contributed by atoms with Crippen molar-refractivity contribution in [1.82, 2.24) is 10.2 Å². The number of amides is 1. The van der Waals surface area contributed by atoms with Crippen molar-refractivity contribution < 1.29 is 55.7 Å². The van der Waals surface area contributed by atoms with Crippen LogP contribution < -0.4 is 10.6 Å². The van der Waals surface area contributed by atoms with Gasteiger partial charge in [0.05, 0.1) is 0 Å². The number of hydrogen-bond donors (Lipinski definition) is 4. The number of hydrogen-bond acceptors (Lipinski definition) is 6. The summed E-state index contributed by atoms with van der Waals surface area (Å²) in [5.74, 6) is -5.51. The minimum absolute atomic E-state index is 0.414. The number of piperazine rings is 1. The van der Waals surface area contributed by atoms with Gasteiger partial charge in [0, 0.05) is 37.4 Å². The molecule has 4 N–H and O–H groups in total. The molecule has 2 aliphatic rings. The molecular formula is C21H27F6N3O6. The molecule has 2 atom stereocenters. The molecule has 1 aromatic carbocycles. The summed E-state index contributed by atoms with van der Waals surface area (Å²) in [6, 6.07) is 9.39. The van der Waals surface area contributed by atoms with Gasteiger partial charge in [0.15, 0.2) is 0 Å². The van der Waals surface area contributed by atoms with Crippen molar-refractivity contribution in [1.29, 1.82) is 0 Å². The first-order valence-corrected chi connectivity index (χ1v) is 10.4. The quantitative estimate of drug-likeness (QED) is 0.433. The summed E-state index contributed by atoms with van der Waals surface area (Å²) >= 11 is 0. The van der Waals surface area contributed by atoms with Crippen LogP contribution in [0.3, 0.4) is 0 Å². The molecule has 204 valence electrons. The number of alkyl halides is 6. The summed E-state index contributed by atoms with van der Waals surface area (Å²) in [4.78, 5) is 32.1. The summed E-state index contributed by atoms with van der Waals surface area (Å²) in [5.41, 5.74) is 1.57. The minimum Gasteiger partial charge on any atom is -0.475 e. The van der Waals surface area contributed by atoms with E-state index < -0.39 is 36.0 Å². The van der Waals surface area contributed by atoms with Crippen molar-refractivity contribution in [2.75, 3.05) is 18.4 Å². The highest BCUT2D eigenvalue weighted by atomic mass is 19.4. The van der Waals surface area contributed by atoms with Crippen molar-refractivity contribution in [2.24, 2.45) is 0 Å². The second kappa shape index (κ2) is 12.3. The van der Waals surface area contributed by atoms with Crippen LogP contribution in [0, 0.1) is 0 Å². The van der Waals surface area contributed by atoms with Crippen LogP contribution in [0.4, 0.5) is 36.8 Å². The number of benzene rings is 1. The zero-order valence-corrected chi connectivity index (χ0v) is 19.5. The second-order valence-corrected chi connectivity index (χ2v) is 8.85. The van der Waals surface area contributed by atoms with Crippen LogP contribution in [0.5, 0.6) is 0 Å². The average Bonchev–Trinajstić information content (AvgIpc) is 3.30. The zero-order valence-electron chi connectivity index (χ0n) is 19.5. The lowest BCUT2D eigenvalue weighted by Crippen LogP contribution is -2.42.